The van der Waals surface area contributed by atoms with Gasteiger partial charge in [0.25, 0.3) is 0 Å². The summed E-state index contributed by atoms with van der Waals surface area (Å²) in [5, 5.41) is 8.18. The van der Waals surface area contributed by atoms with E-state index in [0.717, 1.165) is 37.1 Å². The predicted molar refractivity (Wildman–Crippen MR) is 180 cm³/mol. The molecule has 47 heavy (non-hydrogen) atoms. The number of benzene rings is 2. The third-order valence-corrected chi connectivity index (χ3v) is 7.73. The van der Waals surface area contributed by atoms with E-state index < -0.39 is 35.1 Å². The number of likely N-dealkylation sites (tertiary alicyclic amines) is 1. The molecule has 1 aliphatic rings. The second kappa shape index (κ2) is 15.8. The van der Waals surface area contributed by atoms with Gasteiger partial charge in [0.2, 0.25) is 17.7 Å². The number of hydrogen-bond donors (Lipinski definition) is 3. The van der Waals surface area contributed by atoms with Crippen LogP contribution >= 0.6 is 0 Å². The fraction of sp³-hybridized carbons (Fsp3) is 0.444. The number of rotatable bonds is 13. The maximum atomic E-state index is 13.6. The maximum absolute atomic E-state index is 13.6. The lowest BCUT2D eigenvalue weighted by Gasteiger charge is -2.29. The van der Waals surface area contributed by atoms with Crippen LogP contribution in [0, 0.1) is 0 Å². The Morgan fingerprint density at radius 1 is 0.872 bits per heavy atom. The summed E-state index contributed by atoms with van der Waals surface area (Å²) < 4.78 is 13.0. The Morgan fingerprint density at radius 2 is 1.51 bits per heavy atom. The SMILES string of the molecule is CC(C)(C)OC(=O)NC(C)(C)C(=O)N[C@H](COCc1ccccc1)C(=O)Nc1ccn(CC(C(=O)N2CCCC2)c2ccccc2)c1. The molecule has 3 aromatic rings. The van der Waals surface area contributed by atoms with Gasteiger partial charge in [-0.15, -0.1) is 0 Å². The summed E-state index contributed by atoms with van der Waals surface area (Å²) in [4.78, 5) is 54.8. The fourth-order valence-corrected chi connectivity index (χ4v) is 5.24. The molecule has 1 aromatic heterocycles. The quantitative estimate of drug-likeness (QED) is 0.244. The van der Waals surface area contributed by atoms with Gasteiger partial charge < -0.3 is 34.9 Å². The number of carbonyl (C=O) groups is 4. The van der Waals surface area contributed by atoms with Crippen LogP contribution in [0.3, 0.4) is 0 Å². The van der Waals surface area contributed by atoms with E-state index in [4.69, 9.17) is 9.47 Å². The number of aromatic nitrogens is 1. The lowest BCUT2D eigenvalue weighted by molar-refractivity contribution is -0.132. The largest absolute Gasteiger partial charge is 0.444 e. The van der Waals surface area contributed by atoms with Gasteiger partial charge in [-0.3, -0.25) is 14.4 Å². The molecule has 1 unspecified atom stereocenters. The summed E-state index contributed by atoms with van der Waals surface area (Å²) in [6.45, 7) is 10.3. The summed E-state index contributed by atoms with van der Waals surface area (Å²) in [7, 11) is 0. The molecule has 1 fully saturated rings. The molecule has 4 rings (SSSR count). The molecule has 3 N–H and O–H groups in total. The van der Waals surface area contributed by atoms with E-state index >= 15 is 0 Å². The van der Waals surface area contributed by atoms with Crippen LogP contribution in [0.2, 0.25) is 0 Å². The monoisotopic (exact) mass is 645 g/mol. The minimum atomic E-state index is -1.39. The predicted octanol–water partition coefficient (Wildman–Crippen LogP) is 4.84. The summed E-state index contributed by atoms with van der Waals surface area (Å²) >= 11 is 0. The number of anilines is 1. The average molecular weight is 646 g/mol. The van der Waals surface area contributed by atoms with Crippen LogP contribution in [-0.4, -0.2) is 70.2 Å². The first-order valence-corrected chi connectivity index (χ1v) is 16.0. The Hall–Kier alpha value is -4.64. The van der Waals surface area contributed by atoms with E-state index in [-0.39, 0.29) is 25.0 Å². The first-order chi connectivity index (χ1) is 22.3. The highest BCUT2D eigenvalue weighted by molar-refractivity contribution is 5.99. The molecule has 2 atom stereocenters. The second-order valence-corrected chi connectivity index (χ2v) is 13.4. The molecule has 0 saturated carbocycles. The molecular formula is C36H47N5O6. The highest BCUT2D eigenvalue weighted by atomic mass is 16.6. The van der Waals surface area contributed by atoms with Crippen molar-refractivity contribution >= 4 is 29.5 Å². The van der Waals surface area contributed by atoms with Crippen molar-refractivity contribution in [1.82, 2.24) is 20.1 Å². The third kappa shape index (κ3) is 10.7. The van der Waals surface area contributed by atoms with Crippen molar-refractivity contribution < 1.29 is 28.7 Å². The molecule has 11 nitrogen and oxygen atoms in total. The van der Waals surface area contributed by atoms with Gasteiger partial charge in [-0.25, -0.2) is 4.79 Å². The van der Waals surface area contributed by atoms with Gasteiger partial charge in [0, 0.05) is 32.0 Å². The molecule has 0 radical (unpaired) electrons. The normalized spacial score (nSPS) is 14.6. The second-order valence-electron chi connectivity index (χ2n) is 13.4. The zero-order chi connectivity index (χ0) is 34.0. The molecule has 0 aliphatic carbocycles. The molecule has 1 aliphatic heterocycles. The van der Waals surface area contributed by atoms with Crippen LogP contribution in [0.1, 0.15) is 64.5 Å². The molecule has 252 valence electrons. The van der Waals surface area contributed by atoms with Crippen molar-refractivity contribution in [1.29, 1.82) is 0 Å². The molecule has 1 saturated heterocycles. The lowest BCUT2D eigenvalue weighted by atomic mass is 9.97. The number of ether oxygens (including phenoxy) is 2. The van der Waals surface area contributed by atoms with Crippen LogP contribution in [0.4, 0.5) is 10.5 Å². The Morgan fingerprint density at radius 3 is 2.15 bits per heavy atom. The lowest BCUT2D eigenvalue weighted by Crippen LogP contribution is -2.59. The molecule has 4 amide bonds. The Bertz CT molecular complexity index is 1490. The van der Waals surface area contributed by atoms with E-state index in [2.05, 4.69) is 16.0 Å². The summed E-state index contributed by atoms with van der Waals surface area (Å²) in [6.07, 6.45) is 4.85. The smallest absolute Gasteiger partial charge is 0.408 e. The van der Waals surface area contributed by atoms with E-state index in [1.165, 1.54) is 13.8 Å². The van der Waals surface area contributed by atoms with Crippen molar-refractivity contribution in [3.63, 3.8) is 0 Å². The van der Waals surface area contributed by atoms with E-state index in [9.17, 15) is 19.2 Å². The summed E-state index contributed by atoms with van der Waals surface area (Å²) in [5.41, 5.74) is 0.216. The molecule has 0 spiro atoms. The zero-order valence-corrected chi connectivity index (χ0v) is 28.0. The highest BCUT2D eigenvalue weighted by Crippen LogP contribution is 2.24. The van der Waals surface area contributed by atoms with Crippen LogP contribution in [-0.2, 0) is 37.0 Å². The number of alkyl carbamates (subject to hydrolysis) is 1. The van der Waals surface area contributed by atoms with Gasteiger partial charge in [0.1, 0.15) is 17.2 Å². The number of nitrogens with zero attached hydrogens (tertiary/aromatic N) is 2. The van der Waals surface area contributed by atoms with Gasteiger partial charge in [0.15, 0.2) is 0 Å². The van der Waals surface area contributed by atoms with Crippen molar-refractivity contribution in [2.24, 2.45) is 0 Å². The number of amides is 4. The van der Waals surface area contributed by atoms with Gasteiger partial charge >= 0.3 is 6.09 Å². The van der Waals surface area contributed by atoms with E-state index in [1.54, 1.807) is 33.0 Å². The minimum absolute atomic E-state index is 0.0916. The van der Waals surface area contributed by atoms with E-state index in [0.29, 0.717) is 12.2 Å². The maximum Gasteiger partial charge on any atom is 0.408 e. The van der Waals surface area contributed by atoms with Crippen LogP contribution in [0.25, 0.3) is 0 Å². The summed E-state index contributed by atoms with van der Waals surface area (Å²) in [5.74, 6) is -1.36. The Kier molecular flexibility index (Phi) is 11.8. The molecule has 2 aromatic carbocycles. The zero-order valence-electron chi connectivity index (χ0n) is 28.0. The van der Waals surface area contributed by atoms with Gasteiger partial charge in [-0.2, -0.15) is 0 Å². The molecule has 11 heteroatoms. The standard InChI is InChI=1S/C36H47N5O6/c1-35(2,3)47-34(45)39-36(4,5)33(44)38-30(25-46-24-26-14-8-6-9-15-26)31(42)37-28-18-21-40(22-28)23-29(27-16-10-7-11-17-27)32(43)41-19-12-13-20-41/h6-11,14-18,21-22,29-30H,12-13,19-20,23-25H2,1-5H3,(H,37,42)(H,38,44)(H,39,45)/t29?,30-/m1/s1. The highest BCUT2D eigenvalue weighted by Gasteiger charge is 2.35. The van der Waals surface area contributed by atoms with Crippen LogP contribution in [0.15, 0.2) is 79.1 Å². The number of nitrogens with one attached hydrogen (secondary N) is 3. The van der Waals surface area contributed by atoms with Crippen molar-refractivity contribution in [3.8, 4) is 0 Å². The number of hydrogen-bond acceptors (Lipinski definition) is 6. The van der Waals surface area contributed by atoms with Crippen LogP contribution in [0.5, 0.6) is 0 Å². The molecule has 2 heterocycles. The first kappa shape index (κ1) is 35.2. The molecular weight excluding hydrogens is 598 g/mol. The minimum Gasteiger partial charge on any atom is -0.444 e. The average Bonchev–Trinajstić information content (AvgIpc) is 3.71. The van der Waals surface area contributed by atoms with Gasteiger partial charge in [-0.05, 0) is 64.7 Å². The third-order valence-electron chi connectivity index (χ3n) is 7.73. The van der Waals surface area contributed by atoms with Crippen molar-refractivity contribution in [2.75, 3.05) is 25.0 Å². The van der Waals surface area contributed by atoms with Crippen molar-refractivity contribution in [2.45, 2.75) is 83.7 Å². The van der Waals surface area contributed by atoms with Gasteiger partial charge in [0.05, 0.1) is 24.8 Å². The Labute approximate surface area is 277 Å². The molecule has 0 bridgehead atoms. The summed E-state index contributed by atoms with van der Waals surface area (Å²) in [6, 6.07) is 19.9. The van der Waals surface area contributed by atoms with E-state index in [1.807, 2.05) is 76.3 Å². The van der Waals surface area contributed by atoms with Crippen molar-refractivity contribution in [3.05, 3.63) is 90.3 Å². The van der Waals surface area contributed by atoms with Crippen LogP contribution < -0.4 is 16.0 Å². The fourth-order valence-electron chi connectivity index (χ4n) is 5.24. The Balaban J connectivity index is 1.45. The van der Waals surface area contributed by atoms with Gasteiger partial charge in [-0.1, -0.05) is 60.7 Å². The number of carbonyl (C=O) groups excluding carboxylic acids is 4. The topological polar surface area (TPSA) is 131 Å². The first-order valence-electron chi connectivity index (χ1n) is 16.0.